The van der Waals surface area contributed by atoms with Crippen LogP contribution in [0.15, 0.2) is 30.3 Å². The van der Waals surface area contributed by atoms with Crippen molar-refractivity contribution in [3.05, 3.63) is 56.8 Å². The van der Waals surface area contributed by atoms with Crippen molar-refractivity contribution >= 4 is 29.8 Å². The summed E-state index contributed by atoms with van der Waals surface area (Å²) in [7, 11) is 0. The van der Waals surface area contributed by atoms with Crippen LogP contribution in [0.25, 0.3) is 12.2 Å². The van der Waals surface area contributed by atoms with E-state index in [4.69, 9.17) is 0 Å². The van der Waals surface area contributed by atoms with Crippen LogP contribution in [-0.2, 0) is 6.42 Å². The van der Waals surface area contributed by atoms with Gasteiger partial charge < -0.3 is 0 Å². The van der Waals surface area contributed by atoms with Gasteiger partial charge in [-0.3, -0.25) is 4.79 Å². The molecule has 0 atom stereocenters. The van der Waals surface area contributed by atoms with Gasteiger partial charge in [-0.2, -0.15) is 0 Å². The van der Waals surface area contributed by atoms with Crippen LogP contribution < -0.4 is 0 Å². The molecule has 0 fully saturated rings. The normalized spacial score (nSPS) is 12.8. The van der Waals surface area contributed by atoms with Crippen LogP contribution >= 0.6 is 11.3 Å². The van der Waals surface area contributed by atoms with E-state index in [1.54, 1.807) is 11.3 Å². The van der Waals surface area contributed by atoms with Crippen LogP contribution in [0, 0.1) is 0 Å². The molecule has 1 aliphatic rings. The van der Waals surface area contributed by atoms with Gasteiger partial charge in [0.1, 0.15) is 0 Å². The fourth-order valence-corrected chi connectivity index (χ4v) is 2.93. The highest BCUT2D eigenvalue weighted by Crippen LogP contribution is 2.30. The van der Waals surface area contributed by atoms with E-state index in [-0.39, 0.29) is 0 Å². The Hall–Kier alpha value is -1.67. The maximum absolute atomic E-state index is 10.7. The quantitative estimate of drug-likeness (QED) is 0.579. The van der Waals surface area contributed by atoms with Crippen LogP contribution in [0.2, 0.25) is 0 Å². The summed E-state index contributed by atoms with van der Waals surface area (Å²) in [6.45, 7) is 0. The van der Waals surface area contributed by atoms with E-state index in [0.717, 1.165) is 17.6 Å². The zero-order chi connectivity index (χ0) is 11.0. The van der Waals surface area contributed by atoms with Crippen molar-refractivity contribution in [1.82, 2.24) is 0 Å². The second kappa shape index (κ2) is 3.72. The van der Waals surface area contributed by atoms with E-state index in [2.05, 4.69) is 36.4 Å². The van der Waals surface area contributed by atoms with Gasteiger partial charge in [0, 0.05) is 4.88 Å². The van der Waals surface area contributed by atoms with Crippen LogP contribution in [0.5, 0.6) is 0 Å². The van der Waals surface area contributed by atoms with Crippen LogP contribution in [0.1, 0.15) is 31.2 Å². The van der Waals surface area contributed by atoms with Crippen molar-refractivity contribution in [3.8, 4) is 0 Å². The lowest BCUT2D eigenvalue weighted by molar-refractivity contribution is 0.112. The number of hydrogen-bond acceptors (Lipinski definition) is 2. The Morgan fingerprint density at radius 2 is 2.00 bits per heavy atom. The number of aldehydes is 1. The fourth-order valence-electron chi connectivity index (χ4n) is 2.03. The predicted molar refractivity (Wildman–Crippen MR) is 67.9 cm³/mol. The van der Waals surface area contributed by atoms with Crippen LogP contribution in [0.3, 0.4) is 0 Å². The van der Waals surface area contributed by atoms with Gasteiger partial charge in [-0.15, -0.1) is 11.3 Å². The molecule has 0 spiro atoms. The van der Waals surface area contributed by atoms with Crippen molar-refractivity contribution < 1.29 is 4.79 Å². The molecule has 0 saturated carbocycles. The first-order valence-electron chi connectivity index (χ1n) is 5.21. The second-order valence-electron chi connectivity index (χ2n) is 3.87. The summed E-state index contributed by atoms with van der Waals surface area (Å²) in [5.41, 5.74) is 3.86. The van der Waals surface area contributed by atoms with Gasteiger partial charge in [-0.25, -0.2) is 0 Å². The van der Waals surface area contributed by atoms with Crippen molar-refractivity contribution in [2.24, 2.45) is 0 Å². The summed E-state index contributed by atoms with van der Waals surface area (Å²) in [6.07, 6.45) is 6.09. The number of carbonyl (C=O) groups is 1. The lowest BCUT2D eigenvalue weighted by atomic mass is 10.0. The van der Waals surface area contributed by atoms with Gasteiger partial charge in [0.05, 0.1) is 4.88 Å². The molecule has 0 amide bonds. The van der Waals surface area contributed by atoms with Crippen LogP contribution in [-0.4, -0.2) is 6.29 Å². The molecule has 1 heterocycles. The van der Waals surface area contributed by atoms with Crippen molar-refractivity contribution in [1.29, 1.82) is 0 Å². The molecule has 0 unspecified atom stereocenters. The Kier molecular flexibility index (Phi) is 2.22. The molecule has 16 heavy (non-hydrogen) atoms. The van der Waals surface area contributed by atoms with Gasteiger partial charge >= 0.3 is 0 Å². The fraction of sp³-hybridized carbons (Fsp3) is 0.0714. The largest absolute Gasteiger partial charge is 0.297 e. The van der Waals surface area contributed by atoms with Gasteiger partial charge in [-0.1, -0.05) is 30.3 Å². The van der Waals surface area contributed by atoms with E-state index >= 15 is 0 Å². The number of carbonyl (C=O) groups excluding carboxylic acids is 1. The number of fused-ring (bicyclic) bond motifs is 2. The highest BCUT2D eigenvalue weighted by Gasteiger charge is 2.11. The summed E-state index contributed by atoms with van der Waals surface area (Å²) in [5, 5.41) is 0. The van der Waals surface area contributed by atoms with Gasteiger partial charge in [0.15, 0.2) is 6.29 Å². The molecule has 2 heteroatoms. The Balaban J connectivity index is 2.14. The van der Waals surface area contributed by atoms with Gasteiger partial charge in [0.25, 0.3) is 0 Å². The number of thiophene rings is 1. The molecule has 1 nitrogen and oxygen atoms in total. The van der Waals surface area contributed by atoms with E-state index in [0.29, 0.717) is 0 Å². The first kappa shape index (κ1) is 9.55. The zero-order valence-electron chi connectivity index (χ0n) is 8.64. The minimum atomic E-state index is 0.814. The molecule has 1 aromatic carbocycles. The average molecular weight is 226 g/mol. The Morgan fingerprint density at radius 1 is 1.12 bits per heavy atom. The summed E-state index contributed by atoms with van der Waals surface area (Å²) in [5.74, 6) is 0. The molecule has 1 aliphatic carbocycles. The third-order valence-corrected chi connectivity index (χ3v) is 3.90. The maximum atomic E-state index is 10.7. The Bertz CT molecular complexity index is 578. The number of hydrogen-bond donors (Lipinski definition) is 0. The summed E-state index contributed by atoms with van der Waals surface area (Å²) >= 11 is 1.56. The van der Waals surface area contributed by atoms with Crippen molar-refractivity contribution in [2.45, 2.75) is 6.42 Å². The third-order valence-electron chi connectivity index (χ3n) is 2.83. The zero-order valence-corrected chi connectivity index (χ0v) is 9.46. The van der Waals surface area contributed by atoms with Crippen molar-refractivity contribution in [3.63, 3.8) is 0 Å². The summed E-state index contributed by atoms with van der Waals surface area (Å²) in [4.78, 5) is 12.8. The molecular weight excluding hydrogens is 216 g/mol. The average Bonchev–Trinajstić information content (AvgIpc) is 2.63. The predicted octanol–water partition coefficient (Wildman–Crippen LogP) is 3.64. The van der Waals surface area contributed by atoms with E-state index < -0.39 is 0 Å². The smallest absolute Gasteiger partial charge is 0.160 e. The van der Waals surface area contributed by atoms with Crippen molar-refractivity contribution in [2.75, 3.05) is 0 Å². The van der Waals surface area contributed by atoms with E-state index in [1.165, 1.54) is 21.6 Å². The molecule has 78 valence electrons. The molecule has 1 aromatic heterocycles. The van der Waals surface area contributed by atoms with E-state index in [1.807, 2.05) is 6.07 Å². The molecule has 3 rings (SSSR count). The third kappa shape index (κ3) is 1.51. The van der Waals surface area contributed by atoms with Gasteiger partial charge in [0.2, 0.25) is 0 Å². The van der Waals surface area contributed by atoms with Gasteiger partial charge in [-0.05, 0) is 35.3 Å². The first-order chi connectivity index (χ1) is 7.86. The minimum absolute atomic E-state index is 0.814. The number of benzene rings is 1. The molecule has 0 N–H and O–H groups in total. The summed E-state index contributed by atoms with van der Waals surface area (Å²) < 4.78 is 0. The standard InChI is InChI=1S/C14H10OS/c15-9-13-8-12-7-11-4-2-1-3-10(11)5-6-14(12)16-13/h1-6,8-9H,7H2. The SMILES string of the molecule is O=Cc1cc2c(s1)C=Cc1ccccc1C2. The second-order valence-corrected chi connectivity index (χ2v) is 4.98. The highest BCUT2D eigenvalue weighted by molar-refractivity contribution is 7.14. The Morgan fingerprint density at radius 3 is 2.88 bits per heavy atom. The molecule has 0 bridgehead atoms. The molecular formula is C14H10OS. The monoisotopic (exact) mass is 226 g/mol. The maximum Gasteiger partial charge on any atom is 0.160 e. The first-order valence-corrected chi connectivity index (χ1v) is 6.02. The highest BCUT2D eigenvalue weighted by atomic mass is 32.1. The minimum Gasteiger partial charge on any atom is -0.297 e. The van der Waals surface area contributed by atoms with E-state index in [9.17, 15) is 4.79 Å². The molecule has 0 radical (unpaired) electrons. The lowest BCUT2D eigenvalue weighted by Crippen LogP contribution is -1.88. The van der Waals surface area contributed by atoms with Crippen LogP contribution in [0.4, 0.5) is 0 Å². The number of rotatable bonds is 1. The molecule has 0 saturated heterocycles. The molecule has 0 aliphatic heterocycles. The Labute approximate surface area is 98.1 Å². The topological polar surface area (TPSA) is 17.1 Å². The lowest BCUT2D eigenvalue weighted by Gasteiger charge is -2.02. The summed E-state index contributed by atoms with van der Waals surface area (Å²) in [6, 6.07) is 10.4. The molecule has 2 aromatic rings.